The fourth-order valence-electron chi connectivity index (χ4n) is 2.89. The van der Waals surface area contributed by atoms with Gasteiger partial charge in [0.2, 0.25) is 0 Å². The number of likely N-dealkylation sites (tertiary alicyclic amines) is 1. The van der Waals surface area contributed by atoms with E-state index in [9.17, 15) is 9.59 Å². The van der Waals surface area contributed by atoms with E-state index >= 15 is 0 Å². The van der Waals surface area contributed by atoms with E-state index in [1.165, 1.54) is 0 Å². The molecule has 0 aliphatic carbocycles. The fourth-order valence-corrected chi connectivity index (χ4v) is 3.54. The molecule has 0 saturated carbocycles. The number of hydrogen-bond acceptors (Lipinski definition) is 4. The van der Waals surface area contributed by atoms with E-state index in [0.717, 1.165) is 17.7 Å². The smallest absolute Gasteiger partial charge is 0.308 e. The molecule has 6 heteroatoms. The lowest BCUT2D eigenvalue weighted by molar-refractivity contribution is -0.143. The van der Waals surface area contributed by atoms with Crippen molar-refractivity contribution in [3.8, 4) is 11.3 Å². The average Bonchev–Trinajstić information content (AvgIpc) is 3.08. The monoisotopic (exact) mass is 330 g/mol. The van der Waals surface area contributed by atoms with Crippen molar-refractivity contribution in [1.29, 1.82) is 0 Å². The maximum atomic E-state index is 12.7. The van der Waals surface area contributed by atoms with E-state index in [2.05, 4.69) is 4.98 Å². The van der Waals surface area contributed by atoms with Crippen molar-refractivity contribution >= 4 is 23.2 Å². The predicted octanol–water partition coefficient (Wildman–Crippen LogP) is 3.06. The number of aryl methyl sites for hydroxylation is 1. The Hall–Kier alpha value is -2.21. The molecule has 2 aromatic heterocycles. The Labute approximate surface area is 138 Å². The van der Waals surface area contributed by atoms with Gasteiger partial charge in [-0.2, -0.15) is 11.3 Å². The first-order valence-electron chi connectivity index (χ1n) is 7.58. The van der Waals surface area contributed by atoms with Crippen LogP contribution in [0.5, 0.6) is 0 Å². The number of carboxylic acids is 1. The van der Waals surface area contributed by atoms with Crippen LogP contribution < -0.4 is 0 Å². The van der Waals surface area contributed by atoms with E-state index in [1.807, 2.05) is 29.8 Å². The zero-order chi connectivity index (χ0) is 16.4. The number of aliphatic carboxylic acids is 1. The first kappa shape index (κ1) is 15.7. The molecule has 120 valence electrons. The first-order chi connectivity index (χ1) is 11.1. The quantitative estimate of drug-likeness (QED) is 0.939. The molecule has 3 rings (SSSR count). The van der Waals surface area contributed by atoms with Gasteiger partial charge in [0, 0.05) is 24.0 Å². The summed E-state index contributed by atoms with van der Waals surface area (Å²) in [5, 5.41) is 13.2. The summed E-state index contributed by atoms with van der Waals surface area (Å²) in [4.78, 5) is 30.0. The highest BCUT2D eigenvalue weighted by atomic mass is 32.1. The molecule has 3 heterocycles. The first-order valence-corrected chi connectivity index (χ1v) is 8.53. The van der Waals surface area contributed by atoms with Gasteiger partial charge in [-0.1, -0.05) is 0 Å². The van der Waals surface area contributed by atoms with Gasteiger partial charge in [0.1, 0.15) is 0 Å². The van der Waals surface area contributed by atoms with E-state index in [0.29, 0.717) is 24.2 Å². The molecule has 0 unspecified atom stereocenters. The minimum Gasteiger partial charge on any atom is -0.481 e. The Morgan fingerprint density at radius 3 is 2.83 bits per heavy atom. The van der Waals surface area contributed by atoms with Crippen molar-refractivity contribution in [2.24, 2.45) is 5.92 Å². The molecule has 1 aliphatic heterocycles. The van der Waals surface area contributed by atoms with E-state index in [1.54, 1.807) is 22.3 Å². The number of nitrogens with zero attached hydrogens (tertiary/aromatic N) is 2. The highest BCUT2D eigenvalue weighted by Crippen LogP contribution is 2.23. The molecule has 0 aromatic carbocycles. The Morgan fingerprint density at radius 1 is 1.35 bits per heavy atom. The fraction of sp³-hybridized carbons (Fsp3) is 0.353. The summed E-state index contributed by atoms with van der Waals surface area (Å²) in [7, 11) is 0. The summed E-state index contributed by atoms with van der Waals surface area (Å²) in [6, 6.07) is 5.64. The molecule has 0 bridgehead atoms. The highest BCUT2D eigenvalue weighted by molar-refractivity contribution is 7.08. The van der Waals surface area contributed by atoms with Crippen LogP contribution in [0.3, 0.4) is 0 Å². The number of thiophene rings is 1. The maximum Gasteiger partial charge on any atom is 0.308 e. The molecule has 1 atom stereocenters. The van der Waals surface area contributed by atoms with E-state index < -0.39 is 11.9 Å². The topological polar surface area (TPSA) is 70.5 Å². The lowest BCUT2D eigenvalue weighted by Crippen LogP contribution is -2.42. The lowest BCUT2D eigenvalue weighted by atomic mass is 9.97. The van der Waals surface area contributed by atoms with Gasteiger partial charge in [0.05, 0.1) is 22.9 Å². The molecule has 2 aromatic rings. The van der Waals surface area contributed by atoms with Gasteiger partial charge in [-0.15, -0.1) is 0 Å². The molecular weight excluding hydrogens is 312 g/mol. The van der Waals surface area contributed by atoms with Crippen LogP contribution in [0.4, 0.5) is 0 Å². The van der Waals surface area contributed by atoms with E-state index in [4.69, 9.17) is 5.11 Å². The van der Waals surface area contributed by atoms with Crippen LogP contribution in [-0.2, 0) is 4.79 Å². The number of aromatic nitrogens is 1. The number of pyridine rings is 1. The summed E-state index contributed by atoms with van der Waals surface area (Å²) >= 11 is 1.61. The average molecular weight is 330 g/mol. The van der Waals surface area contributed by atoms with Crippen molar-refractivity contribution in [3.05, 3.63) is 40.2 Å². The third kappa shape index (κ3) is 3.27. The molecule has 1 aliphatic rings. The van der Waals surface area contributed by atoms with Gasteiger partial charge in [0.25, 0.3) is 5.91 Å². The number of carbonyl (C=O) groups excluding carboxylic acids is 1. The molecule has 23 heavy (non-hydrogen) atoms. The van der Waals surface area contributed by atoms with Crippen LogP contribution in [0.2, 0.25) is 0 Å². The van der Waals surface area contributed by atoms with Crippen molar-refractivity contribution in [3.63, 3.8) is 0 Å². The van der Waals surface area contributed by atoms with Gasteiger partial charge < -0.3 is 10.0 Å². The third-order valence-electron chi connectivity index (χ3n) is 4.19. The number of amides is 1. The summed E-state index contributed by atoms with van der Waals surface area (Å²) in [5.74, 6) is -1.42. The zero-order valence-electron chi connectivity index (χ0n) is 12.9. The summed E-state index contributed by atoms with van der Waals surface area (Å²) in [6.07, 6.45) is 1.36. The third-order valence-corrected chi connectivity index (χ3v) is 4.87. The number of rotatable bonds is 3. The van der Waals surface area contributed by atoms with Crippen molar-refractivity contribution < 1.29 is 14.7 Å². The Bertz CT molecular complexity index is 727. The van der Waals surface area contributed by atoms with Gasteiger partial charge in [-0.25, -0.2) is 0 Å². The zero-order valence-corrected chi connectivity index (χ0v) is 13.7. The van der Waals surface area contributed by atoms with Gasteiger partial charge in [-0.05, 0) is 43.3 Å². The highest BCUT2D eigenvalue weighted by Gasteiger charge is 2.29. The number of hydrogen-bond donors (Lipinski definition) is 1. The summed E-state index contributed by atoms with van der Waals surface area (Å²) in [6.45, 7) is 2.70. The van der Waals surface area contributed by atoms with Crippen LogP contribution >= 0.6 is 11.3 Å². The standard InChI is InChI=1S/C17H18N2O3S/c1-11-14(4-5-15(18-11)13-6-8-23-10-13)16(20)19-7-2-3-12(9-19)17(21)22/h4-6,8,10,12H,2-3,7,9H2,1H3,(H,21,22)/t12-/m0/s1. The van der Waals surface area contributed by atoms with Crippen LogP contribution in [0.25, 0.3) is 11.3 Å². The summed E-state index contributed by atoms with van der Waals surface area (Å²) in [5.41, 5.74) is 3.12. The molecular formula is C17H18N2O3S. The molecule has 1 amide bonds. The largest absolute Gasteiger partial charge is 0.481 e. The summed E-state index contributed by atoms with van der Waals surface area (Å²) < 4.78 is 0. The number of carbonyl (C=O) groups is 2. The van der Waals surface area contributed by atoms with Crippen molar-refractivity contribution in [2.45, 2.75) is 19.8 Å². The van der Waals surface area contributed by atoms with E-state index in [-0.39, 0.29) is 12.5 Å². The SMILES string of the molecule is Cc1nc(-c2ccsc2)ccc1C(=O)N1CCC[C@H](C(=O)O)C1. The minimum absolute atomic E-state index is 0.127. The minimum atomic E-state index is -0.829. The number of piperidine rings is 1. The molecule has 0 radical (unpaired) electrons. The molecule has 1 saturated heterocycles. The Morgan fingerprint density at radius 2 is 2.17 bits per heavy atom. The van der Waals surface area contributed by atoms with Gasteiger partial charge >= 0.3 is 5.97 Å². The molecule has 1 fully saturated rings. The molecule has 5 nitrogen and oxygen atoms in total. The Balaban J connectivity index is 1.81. The van der Waals surface area contributed by atoms with Crippen LogP contribution in [0.15, 0.2) is 29.0 Å². The van der Waals surface area contributed by atoms with Crippen LogP contribution in [-0.4, -0.2) is 40.0 Å². The normalized spacial score (nSPS) is 18.0. The van der Waals surface area contributed by atoms with Crippen LogP contribution in [0, 0.1) is 12.8 Å². The predicted molar refractivity (Wildman–Crippen MR) is 88.6 cm³/mol. The van der Waals surface area contributed by atoms with Crippen molar-refractivity contribution in [2.75, 3.05) is 13.1 Å². The molecule has 0 spiro atoms. The van der Waals surface area contributed by atoms with Gasteiger partial charge in [-0.3, -0.25) is 14.6 Å². The maximum absolute atomic E-state index is 12.7. The second-order valence-electron chi connectivity index (χ2n) is 5.77. The lowest BCUT2D eigenvalue weighted by Gasteiger charge is -2.31. The Kier molecular flexibility index (Phi) is 4.43. The second-order valence-corrected chi connectivity index (χ2v) is 6.55. The second kappa shape index (κ2) is 6.50. The number of carboxylic acid groups (broad SMARTS) is 1. The van der Waals surface area contributed by atoms with Gasteiger partial charge in [0.15, 0.2) is 0 Å². The van der Waals surface area contributed by atoms with Crippen LogP contribution in [0.1, 0.15) is 28.9 Å². The molecule has 1 N–H and O–H groups in total. The van der Waals surface area contributed by atoms with Crippen molar-refractivity contribution in [1.82, 2.24) is 9.88 Å².